The number of fused-ring (bicyclic) bond motifs is 4. The van der Waals surface area contributed by atoms with Crippen molar-refractivity contribution >= 4 is 41.5 Å². The van der Waals surface area contributed by atoms with Crippen LogP contribution in [-0.4, -0.2) is 48.9 Å². The first-order valence-electron chi connectivity index (χ1n) is 14.2. The predicted molar refractivity (Wildman–Crippen MR) is 159 cm³/mol. The molecule has 210 valence electrons. The zero-order valence-electron chi connectivity index (χ0n) is 23.3. The molecule has 8 heteroatoms. The Balaban J connectivity index is 1.28. The Labute approximate surface area is 240 Å². The SMILES string of the molecule is COCC1=C2[C@@H](CC/C(C)=C/c3ccc(O)c4ccccc34)OB(O)C[C@@H]2[C@@H]2C(=O)N(c3ccccc3)C(=O)[C@@H]2C1. The number of amides is 2. The van der Waals surface area contributed by atoms with E-state index < -0.39 is 19.0 Å². The summed E-state index contributed by atoms with van der Waals surface area (Å²) in [4.78, 5) is 28.7. The molecule has 3 aromatic carbocycles. The van der Waals surface area contributed by atoms with E-state index in [1.807, 2.05) is 48.5 Å². The van der Waals surface area contributed by atoms with Crippen molar-refractivity contribution in [2.24, 2.45) is 17.8 Å². The molecule has 2 aliphatic heterocycles. The van der Waals surface area contributed by atoms with Gasteiger partial charge in [0.15, 0.2) is 0 Å². The first-order chi connectivity index (χ1) is 19.9. The molecule has 0 radical (unpaired) electrons. The largest absolute Gasteiger partial charge is 0.507 e. The second-order valence-electron chi connectivity index (χ2n) is 11.3. The number of imide groups is 1. The van der Waals surface area contributed by atoms with Gasteiger partial charge < -0.3 is 19.5 Å². The number of ether oxygens (including phenoxy) is 1. The summed E-state index contributed by atoms with van der Waals surface area (Å²) < 4.78 is 11.7. The van der Waals surface area contributed by atoms with Crippen molar-refractivity contribution in [1.82, 2.24) is 0 Å². The highest BCUT2D eigenvalue weighted by Gasteiger charge is 2.57. The van der Waals surface area contributed by atoms with Gasteiger partial charge in [0.05, 0.1) is 30.2 Å². The van der Waals surface area contributed by atoms with E-state index in [0.29, 0.717) is 31.6 Å². The number of benzene rings is 3. The summed E-state index contributed by atoms with van der Waals surface area (Å²) in [6.45, 7) is 2.42. The molecule has 0 spiro atoms. The minimum Gasteiger partial charge on any atom is -0.507 e. The van der Waals surface area contributed by atoms with Crippen molar-refractivity contribution in [2.45, 2.75) is 38.6 Å². The van der Waals surface area contributed by atoms with E-state index in [9.17, 15) is 19.7 Å². The van der Waals surface area contributed by atoms with Gasteiger partial charge in [-0.1, -0.05) is 60.2 Å². The lowest BCUT2D eigenvalue weighted by Crippen LogP contribution is -2.46. The summed E-state index contributed by atoms with van der Waals surface area (Å²) >= 11 is 0. The fourth-order valence-electron chi connectivity index (χ4n) is 7.03. The number of nitrogens with zero attached hydrogens (tertiary/aromatic N) is 1. The van der Waals surface area contributed by atoms with E-state index in [1.165, 1.54) is 4.90 Å². The Kier molecular flexibility index (Phi) is 7.55. The Morgan fingerprint density at radius 2 is 1.76 bits per heavy atom. The highest BCUT2D eigenvalue weighted by Crippen LogP contribution is 2.51. The maximum atomic E-state index is 13.8. The number of carbonyl (C=O) groups is 2. The van der Waals surface area contributed by atoms with Crippen LogP contribution in [0.4, 0.5) is 5.69 Å². The molecule has 6 rings (SSSR count). The number of phenols is 1. The van der Waals surface area contributed by atoms with Gasteiger partial charge in [0.2, 0.25) is 11.8 Å². The summed E-state index contributed by atoms with van der Waals surface area (Å²) in [6.07, 6.45) is 3.79. The van der Waals surface area contributed by atoms with Gasteiger partial charge in [0, 0.05) is 12.5 Å². The fraction of sp³-hybridized carbons (Fsp3) is 0.333. The monoisotopic (exact) mass is 551 g/mol. The number of carbonyl (C=O) groups excluding carboxylic acids is 2. The zero-order valence-corrected chi connectivity index (χ0v) is 23.3. The lowest BCUT2D eigenvalue weighted by Gasteiger charge is -2.43. The van der Waals surface area contributed by atoms with Gasteiger partial charge >= 0.3 is 7.12 Å². The lowest BCUT2D eigenvalue weighted by atomic mass is 9.58. The third kappa shape index (κ3) is 5.01. The van der Waals surface area contributed by atoms with Gasteiger partial charge in [-0.3, -0.25) is 14.5 Å². The number of aromatic hydroxyl groups is 1. The number of allylic oxidation sites excluding steroid dienone is 1. The third-order valence-corrected chi connectivity index (χ3v) is 8.78. The number of methoxy groups -OCH3 is 1. The third-order valence-electron chi connectivity index (χ3n) is 8.78. The lowest BCUT2D eigenvalue weighted by molar-refractivity contribution is -0.122. The first kappa shape index (κ1) is 27.5. The number of para-hydroxylation sites is 1. The molecule has 2 amide bonds. The predicted octanol–water partition coefficient (Wildman–Crippen LogP) is 5.38. The van der Waals surface area contributed by atoms with E-state index in [0.717, 1.165) is 33.1 Å². The highest BCUT2D eigenvalue weighted by atomic mass is 16.5. The Morgan fingerprint density at radius 3 is 2.51 bits per heavy atom. The number of hydrogen-bond acceptors (Lipinski definition) is 6. The van der Waals surface area contributed by atoms with Crippen LogP contribution in [0.3, 0.4) is 0 Å². The van der Waals surface area contributed by atoms with E-state index in [1.54, 1.807) is 25.3 Å². The molecule has 0 unspecified atom stereocenters. The fourth-order valence-corrected chi connectivity index (χ4v) is 7.03. The van der Waals surface area contributed by atoms with Crippen molar-refractivity contribution in [3.05, 3.63) is 89.0 Å². The van der Waals surface area contributed by atoms with E-state index in [4.69, 9.17) is 9.39 Å². The smallest absolute Gasteiger partial charge is 0.455 e. The molecular formula is C33H34BNO6. The van der Waals surface area contributed by atoms with Gasteiger partial charge in [-0.2, -0.15) is 0 Å². The molecule has 2 fully saturated rings. The average molecular weight is 551 g/mol. The van der Waals surface area contributed by atoms with Crippen LogP contribution in [0, 0.1) is 17.8 Å². The second-order valence-corrected chi connectivity index (χ2v) is 11.3. The van der Waals surface area contributed by atoms with Gasteiger partial charge in [-0.25, -0.2) is 0 Å². The van der Waals surface area contributed by atoms with Crippen LogP contribution >= 0.6 is 0 Å². The van der Waals surface area contributed by atoms with Crippen LogP contribution in [0.2, 0.25) is 6.32 Å². The summed E-state index contributed by atoms with van der Waals surface area (Å²) in [5, 5.41) is 22.9. The molecule has 7 nitrogen and oxygen atoms in total. The maximum Gasteiger partial charge on any atom is 0.455 e. The molecule has 0 bridgehead atoms. The summed E-state index contributed by atoms with van der Waals surface area (Å²) in [6, 6.07) is 20.5. The van der Waals surface area contributed by atoms with Crippen LogP contribution in [0.15, 0.2) is 83.4 Å². The van der Waals surface area contributed by atoms with Crippen molar-refractivity contribution in [1.29, 1.82) is 0 Å². The van der Waals surface area contributed by atoms with Gasteiger partial charge in [0.25, 0.3) is 0 Å². The number of rotatable bonds is 7. The molecule has 41 heavy (non-hydrogen) atoms. The van der Waals surface area contributed by atoms with Crippen molar-refractivity contribution < 1.29 is 29.1 Å². The van der Waals surface area contributed by atoms with Crippen molar-refractivity contribution in [2.75, 3.05) is 18.6 Å². The Hall–Kier alpha value is -3.72. The summed E-state index contributed by atoms with van der Waals surface area (Å²) in [5.74, 6) is -1.42. The molecule has 4 atom stereocenters. The van der Waals surface area contributed by atoms with Crippen molar-refractivity contribution in [3.8, 4) is 5.75 Å². The normalized spacial score (nSPS) is 24.7. The van der Waals surface area contributed by atoms with Crippen LogP contribution < -0.4 is 4.90 Å². The van der Waals surface area contributed by atoms with Gasteiger partial charge in [-0.05, 0) is 78.7 Å². The number of hydrogen-bond donors (Lipinski definition) is 2. The van der Waals surface area contributed by atoms with Crippen LogP contribution in [0.5, 0.6) is 5.75 Å². The quantitative estimate of drug-likeness (QED) is 0.233. The zero-order chi connectivity index (χ0) is 28.7. The molecular weight excluding hydrogens is 517 g/mol. The minimum absolute atomic E-state index is 0.184. The van der Waals surface area contributed by atoms with Crippen LogP contribution in [0.25, 0.3) is 16.8 Å². The second kappa shape index (κ2) is 11.3. The van der Waals surface area contributed by atoms with Gasteiger partial charge in [-0.15, -0.1) is 0 Å². The summed E-state index contributed by atoms with van der Waals surface area (Å²) in [5.41, 5.74) is 4.74. The molecule has 2 N–H and O–H groups in total. The average Bonchev–Trinajstić information content (AvgIpc) is 3.23. The van der Waals surface area contributed by atoms with Crippen molar-refractivity contribution in [3.63, 3.8) is 0 Å². The van der Waals surface area contributed by atoms with Crippen LogP contribution in [0.1, 0.15) is 31.7 Å². The van der Waals surface area contributed by atoms with Crippen LogP contribution in [-0.2, 0) is 19.0 Å². The molecule has 0 saturated carbocycles. The highest BCUT2D eigenvalue weighted by molar-refractivity contribution is 6.43. The standard InChI is InChI=1S/C33H34BNO6/c1-20(16-21-13-14-28(36)25-11-7-6-10-24(21)25)12-15-29-30-22(19-40-2)17-26-31(27(30)18-34(39)41-29)33(38)35(32(26)37)23-8-4-3-5-9-23/h3-11,13-14,16,26-27,29,31,36,39H,12,15,17-19H2,1-2H3/b20-16+/t26-,27+,29-,31-/m1/s1. The molecule has 1 aliphatic carbocycles. The summed E-state index contributed by atoms with van der Waals surface area (Å²) in [7, 11) is 0.616. The first-order valence-corrected chi connectivity index (χ1v) is 14.2. The molecule has 3 aromatic rings. The van der Waals surface area contributed by atoms with E-state index in [2.05, 4.69) is 13.0 Å². The Morgan fingerprint density at radius 1 is 1.02 bits per heavy atom. The topological polar surface area (TPSA) is 96.3 Å². The minimum atomic E-state index is -1.02. The Bertz CT molecular complexity index is 1550. The van der Waals surface area contributed by atoms with E-state index in [-0.39, 0.29) is 35.9 Å². The number of phenolic OH excluding ortho intramolecular Hbond substituents is 1. The van der Waals surface area contributed by atoms with E-state index >= 15 is 0 Å². The molecule has 0 aromatic heterocycles. The number of anilines is 1. The molecule has 3 aliphatic rings. The molecule has 2 saturated heterocycles. The molecule has 2 heterocycles. The maximum absolute atomic E-state index is 13.8. The van der Waals surface area contributed by atoms with Gasteiger partial charge in [0.1, 0.15) is 5.75 Å².